The van der Waals surface area contributed by atoms with Crippen molar-refractivity contribution in [3.63, 3.8) is 0 Å². The van der Waals surface area contributed by atoms with E-state index in [9.17, 15) is 39.0 Å². The van der Waals surface area contributed by atoms with Crippen molar-refractivity contribution >= 4 is 41.7 Å². The first-order chi connectivity index (χ1) is 29.1. The van der Waals surface area contributed by atoms with Crippen molar-refractivity contribution in [3.8, 4) is 0 Å². The van der Waals surface area contributed by atoms with E-state index in [4.69, 9.17) is 42.6 Å². The van der Waals surface area contributed by atoms with Gasteiger partial charge in [0.25, 0.3) is 0 Å². The highest BCUT2D eigenvalue weighted by Gasteiger charge is 2.55. The Morgan fingerprint density at radius 1 is 0.787 bits per heavy atom. The fourth-order valence-electron chi connectivity index (χ4n) is 7.20. The molecule has 61 heavy (non-hydrogen) atoms. The largest absolute Gasteiger partial charge is 0.463 e. The Bertz CT molecular complexity index is 1690. The average molecular weight is 861 g/mol. The molecule has 1 unspecified atom stereocenters. The summed E-state index contributed by atoms with van der Waals surface area (Å²) in [6, 6.07) is 8.82. The minimum atomic E-state index is -1.92. The number of aliphatic hydroxyl groups excluding tert-OH is 2. The van der Waals surface area contributed by atoms with Gasteiger partial charge in [0, 0.05) is 31.9 Å². The molecule has 2 N–H and O–H groups in total. The van der Waals surface area contributed by atoms with Gasteiger partial charge in [0.05, 0.1) is 18.6 Å². The second-order valence-corrected chi connectivity index (χ2v) is 15.3. The highest BCUT2D eigenvalue weighted by molar-refractivity contribution is 5.89. The van der Waals surface area contributed by atoms with E-state index in [1.54, 1.807) is 44.2 Å². The molecule has 0 spiro atoms. The van der Waals surface area contributed by atoms with Gasteiger partial charge in [0.1, 0.15) is 31.0 Å². The van der Waals surface area contributed by atoms with Crippen molar-refractivity contribution in [1.82, 2.24) is 0 Å². The summed E-state index contributed by atoms with van der Waals surface area (Å²) >= 11 is 0. The first kappa shape index (κ1) is 49.1. The van der Waals surface area contributed by atoms with E-state index in [2.05, 4.69) is 0 Å². The summed E-state index contributed by atoms with van der Waals surface area (Å²) in [6.07, 6.45) is -9.46. The lowest BCUT2D eigenvalue weighted by atomic mass is 9.96. The minimum absolute atomic E-state index is 0.141. The second kappa shape index (κ2) is 24.2. The zero-order valence-electron chi connectivity index (χ0n) is 35.6. The minimum Gasteiger partial charge on any atom is -0.463 e. The summed E-state index contributed by atoms with van der Waals surface area (Å²) in [5, 5.41) is 23.7. The number of ketones is 1. The highest BCUT2D eigenvalue weighted by Crippen LogP contribution is 2.34. The third-order valence-corrected chi connectivity index (χ3v) is 10.5. The summed E-state index contributed by atoms with van der Waals surface area (Å²) in [5.74, 6) is -4.51. The summed E-state index contributed by atoms with van der Waals surface area (Å²) < 4.78 is 53.0. The molecule has 1 aromatic carbocycles. The molecule has 0 saturated carbocycles. The number of carbonyl (C=O) groups is 6. The predicted octanol–water partition coefficient (Wildman–Crippen LogP) is 3.97. The van der Waals surface area contributed by atoms with Crippen LogP contribution in [0.2, 0.25) is 0 Å². The van der Waals surface area contributed by atoms with Gasteiger partial charge in [0.2, 0.25) is 0 Å². The first-order valence-electron chi connectivity index (χ1n) is 20.9. The molecule has 2 bridgehead atoms. The number of ether oxygens (including phenoxy) is 9. The molecule has 0 radical (unpaired) electrons. The van der Waals surface area contributed by atoms with Crippen molar-refractivity contribution in [2.75, 3.05) is 6.61 Å². The molecule has 0 aliphatic carbocycles. The lowest BCUT2D eigenvalue weighted by molar-refractivity contribution is -0.369. The number of Topliss-reactive ketones (excluding diaryl/α,β-unsaturated/α-hetero) is 1. The van der Waals surface area contributed by atoms with Gasteiger partial charge in [-0.2, -0.15) is 0 Å². The molecule has 12 atom stereocenters. The Morgan fingerprint density at radius 3 is 2.16 bits per heavy atom. The van der Waals surface area contributed by atoms with Crippen LogP contribution in [0, 0.1) is 0 Å². The number of aliphatic hydroxyl groups is 2. The molecular formula is C44H60O17. The Labute approximate surface area is 355 Å². The van der Waals surface area contributed by atoms with Gasteiger partial charge in [-0.05, 0) is 58.1 Å². The first-order valence-corrected chi connectivity index (χ1v) is 20.9. The van der Waals surface area contributed by atoms with Crippen LogP contribution in [-0.2, 0) is 71.4 Å². The fraction of sp³-hybridized carbons (Fsp3) is 0.636. The number of esters is 5. The van der Waals surface area contributed by atoms with Crippen LogP contribution >= 0.6 is 0 Å². The SMILES string of the molecule is C/C=C(/C)C(=O)O[C@@H]1[C@@H](O)[C@@H]2O[C@@H]3[C@@H](O[C@@H](CCC)CCCCCC(OC(C)=O)C(=O)CCC(=O)OC[C@H](O2)[C@H]1OC(=O)/C=C/c1ccccc1)O[C@@H](C)[C@@H](OC(C)=O)[C@H]3O. The molecule has 3 aliphatic heterocycles. The quantitative estimate of drug-likeness (QED) is 0.203. The summed E-state index contributed by atoms with van der Waals surface area (Å²) in [6.45, 7) is 8.31. The topological polar surface area (TPSA) is 226 Å². The van der Waals surface area contributed by atoms with Gasteiger partial charge in [-0.1, -0.05) is 62.6 Å². The van der Waals surface area contributed by atoms with Gasteiger partial charge in [-0.3, -0.25) is 19.2 Å². The van der Waals surface area contributed by atoms with E-state index < -0.39 is 122 Å². The molecule has 0 aromatic heterocycles. The lowest BCUT2D eigenvalue weighted by Crippen LogP contribution is -2.65. The summed E-state index contributed by atoms with van der Waals surface area (Å²) in [4.78, 5) is 77.1. The molecule has 3 heterocycles. The van der Waals surface area contributed by atoms with Crippen LogP contribution in [0.1, 0.15) is 105 Å². The number of carbonyl (C=O) groups excluding carboxylic acids is 6. The van der Waals surface area contributed by atoms with E-state index >= 15 is 0 Å². The Kier molecular flexibility index (Phi) is 19.5. The Balaban J connectivity index is 1.77. The molecule has 1 aromatic rings. The van der Waals surface area contributed by atoms with E-state index in [-0.39, 0.29) is 18.4 Å². The van der Waals surface area contributed by atoms with E-state index in [0.717, 1.165) is 6.08 Å². The van der Waals surface area contributed by atoms with Crippen LogP contribution in [0.3, 0.4) is 0 Å². The standard InChI is InChI=1S/C44H60O17/c1-7-15-30-18-13-10-14-19-32(55-27(5)45)31(47)21-23-34(48)53-24-33-39(59-35(49)22-20-29-16-11-9-12-17-29)40(60-42(52)25(3)8-2)37(51)43(58-33)61-41-36(50)38(56-28(6)46)26(4)54-44(41)57-30/h8-9,11-12,16-17,20,22,26,30,32-33,36-41,43-44,50-51H,7,10,13-15,18-19,21,23-24H2,1-6H3/b22-20+,25-8-/t26-,30-,32?,33-,36+,37+,38+,39+,40+,41-,43-,44+/m0/s1. The molecule has 0 amide bonds. The molecule has 17 heteroatoms. The van der Waals surface area contributed by atoms with Gasteiger partial charge >= 0.3 is 29.8 Å². The van der Waals surface area contributed by atoms with Crippen molar-refractivity contribution in [2.24, 2.45) is 0 Å². The number of fused-ring (bicyclic) bond motifs is 3. The van der Waals surface area contributed by atoms with Crippen LogP contribution in [0.25, 0.3) is 6.08 Å². The number of allylic oxidation sites excluding steroid dienone is 1. The van der Waals surface area contributed by atoms with Crippen molar-refractivity contribution in [2.45, 2.75) is 173 Å². The molecular weight excluding hydrogens is 800 g/mol. The van der Waals surface area contributed by atoms with Crippen LogP contribution in [0.4, 0.5) is 0 Å². The summed E-state index contributed by atoms with van der Waals surface area (Å²) in [7, 11) is 0. The van der Waals surface area contributed by atoms with Crippen molar-refractivity contribution < 1.29 is 81.6 Å². The number of cyclic esters (lactones) is 1. The average Bonchev–Trinajstić information content (AvgIpc) is 3.22. The second-order valence-electron chi connectivity index (χ2n) is 15.3. The van der Waals surface area contributed by atoms with Crippen LogP contribution < -0.4 is 0 Å². The Morgan fingerprint density at radius 2 is 1.49 bits per heavy atom. The zero-order chi connectivity index (χ0) is 44.6. The number of hydrogen-bond donors (Lipinski definition) is 2. The Hall–Kier alpha value is -4.52. The normalized spacial score (nSPS) is 32.4. The monoisotopic (exact) mass is 860 g/mol. The van der Waals surface area contributed by atoms with Crippen LogP contribution in [0.15, 0.2) is 48.1 Å². The third-order valence-electron chi connectivity index (χ3n) is 10.5. The molecule has 3 saturated heterocycles. The molecule has 4 rings (SSSR count). The van der Waals surface area contributed by atoms with Gasteiger partial charge < -0.3 is 52.8 Å². The predicted molar refractivity (Wildman–Crippen MR) is 214 cm³/mol. The number of rotatable bonds is 9. The summed E-state index contributed by atoms with van der Waals surface area (Å²) in [5.41, 5.74) is 0.803. The van der Waals surface area contributed by atoms with Gasteiger partial charge in [-0.25, -0.2) is 9.59 Å². The van der Waals surface area contributed by atoms with E-state index in [0.29, 0.717) is 44.1 Å². The maximum atomic E-state index is 13.4. The van der Waals surface area contributed by atoms with Crippen molar-refractivity contribution in [3.05, 3.63) is 53.6 Å². The molecule has 3 aliphatic rings. The highest BCUT2D eigenvalue weighted by atomic mass is 16.8. The molecule has 3 fully saturated rings. The third kappa shape index (κ3) is 14.8. The fourth-order valence-corrected chi connectivity index (χ4v) is 7.20. The zero-order valence-corrected chi connectivity index (χ0v) is 35.6. The van der Waals surface area contributed by atoms with E-state index in [1.807, 2.05) is 6.92 Å². The van der Waals surface area contributed by atoms with Crippen LogP contribution in [0.5, 0.6) is 0 Å². The van der Waals surface area contributed by atoms with E-state index in [1.165, 1.54) is 32.9 Å². The maximum Gasteiger partial charge on any atom is 0.333 e. The van der Waals surface area contributed by atoms with Gasteiger partial charge in [-0.15, -0.1) is 0 Å². The lowest BCUT2D eigenvalue weighted by Gasteiger charge is -2.47. The van der Waals surface area contributed by atoms with Crippen molar-refractivity contribution in [1.29, 1.82) is 0 Å². The number of hydrogen-bond acceptors (Lipinski definition) is 17. The molecule has 17 nitrogen and oxygen atoms in total. The van der Waals surface area contributed by atoms with Crippen LogP contribution in [-0.4, -0.2) is 126 Å². The molecule has 338 valence electrons. The number of benzene rings is 1. The smallest absolute Gasteiger partial charge is 0.333 e. The van der Waals surface area contributed by atoms with Gasteiger partial charge in [0.15, 0.2) is 42.8 Å². The maximum absolute atomic E-state index is 13.4.